The van der Waals surface area contributed by atoms with Gasteiger partial charge in [-0.05, 0) is 32.8 Å². The van der Waals surface area contributed by atoms with Crippen molar-refractivity contribution in [1.29, 1.82) is 0 Å². The lowest BCUT2D eigenvalue weighted by molar-refractivity contribution is -0.149. The number of amides is 1. The first kappa shape index (κ1) is 13.6. The van der Waals surface area contributed by atoms with Crippen molar-refractivity contribution in [2.45, 2.75) is 26.7 Å². The summed E-state index contributed by atoms with van der Waals surface area (Å²) in [5, 5.41) is 0. The molecule has 1 saturated heterocycles. The van der Waals surface area contributed by atoms with Gasteiger partial charge in [-0.2, -0.15) is 0 Å². The van der Waals surface area contributed by atoms with Crippen LogP contribution < -0.4 is 0 Å². The number of hydrogen-bond acceptors (Lipinski definition) is 4. The van der Waals surface area contributed by atoms with Gasteiger partial charge in [0.05, 0.1) is 18.1 Å². The molecule has 2 heterocycles. The van der Waals surface area contributed by atoms with Crippen LogP contribution in [0.2, 0.25) is 0 Å². The summed E-state index contributed by atoms with van der Waals surface area (Å²) < 4.78 is 10.2. The molecule has 1 aromatic heterocycles. The number of ether oxygens (including phenoxy) is 1. The number of rotatable bonds is 3. The van der Waals surface area contributed by atoms with E-state index in [1.165, 1.54) is 6.26 Å². The highest BCUT2D eigenvalue weighted by atomic mass is 16.5. The summed E-state index contributed by atoms with van der Waals surface area (Å²) in [5.74, 6) is 0.224. The van der Waals surface area contributed by atoms with Crippen LogP contribution in [0.1, 0.15) is 35.9 Å². The minimum absolute atomic E-state index is 0.0779. The van der Waals surface area contributed by atoms with Gasteiger partial charge in [0.15, 0.2) is 0 Å². The Morgan fingerprint density at radius 1 is 1.53 bits per heavy atom. The summed E-state index contributed by atoms with van der Waals surface area (Å²) in [6.45, 7) is 5.08. The van der Waals surface area contributed by atoms with Crippen molar-refractivity contribution in [2.75, 3.05) is 19.7 Å². The van der Waals surface area contributed by atoms with Gasteiger partial charge in [0, 0.05) is 13.1 Å². The Kier molecular flexibility index (Phi) is 4.24. The lowest BCUT2D eigenvalue weighted by atomic mass is 9.98. The molecule has 0 aromatic carbocycles. The molecule has 2 rings (SSSR count). The summed E-state index contributed by atoms with van der Waals surface area (Å²) in [6.07, 6.45) is 3.07. The van der Waals surface area contributed by atoms with E-state index in [0.717, 1.165) is 12.8 Å². The van der Waals surface area contributed by atoms with Gasteiger partial charge < -0.3 is 14.1 Å². The first-order valence-corrected chi connectivity index (χ1v) is 6.63. The quantitative estimate of drug-likeness (QED) is 0.784. The second-order valence-electron chi connectivity index (χ2n) is 4.79. The zero-order valence-corrected chi connectivity index (χ0v) is 11.3. The molecule has 104 valence electrons. The summed E-state index contributed by atoms with van der Waals surface area (Å²) in [7, 11) is 0. The second-order valence-corrected chi connectivity index (χ2v) is 4.79. The molecule has 1 aliphatic heterocycles. The van der Waals surface area contributed by atoms with Crippen molar-refractivity contribution in [3.05, 3.63) is 23.7 Å². The van der Waals surface area contributed by atoms with Crippen LogP contribution in [-0.4, -0.2) is 36.5 Å². The maximum absolute atomic E-state index is 12.3. The topological polar surface area (TPSA) is 59.8 Å². The van der Waals surface area contributed by atoms with E-state index >= 15 is 0 Å². The number of carbonyl (C=O) groups is 2. The molecule has 1 unspecified atom stereocenters. The normalized spacial score (nSPS) is 19.3. The van der Waals surface area contributed by atoms with Crippen LogP contribution in [-0.2, 0) is 9.53 Å². The molecule has 1 fully saturated rings. The largest absolute Gasteiger partial charge is 0.469 e. The first-order valence-electron chi connectivity index (χ1n) is 6.63. The highest BCUT2D eigenvalue weighted by Crippen LogP contribution is 2.20. The lowest BCUT2D eigenvalue weighted by Crippen LogP contribution is -2.42. The van der Waals surface area contributed by atoms with Gasteiger partial charge in [0.2, 0.25) is 0 Å². The third kappa shape index (κ3) is 3.16. The van der Waals surface area contributed by atoms with Crippen molar-refractivity contribution >= 4 is 11.9 Å². The van der Waals surface area contributed by atoms with Crippen LogP contribution >= 0.6 is 0 Å². The van der Waals surface area contributed by atoms with Gasteiger partial charge in [0.1, 0.15) is 12.0 Å². The van der Waals surface area contributed by atoms with E-state index in [4.69, 9.17) is 9.15 Å². The van der Waals surface area contributed by atoms with Crippen LogP contribution in [0, 0.1) is 12.8 Å². The number of aryl methyl sites for hydroxylation is 1. The maximum atomic E-state index is 12.3. The maximum Gasteiger partial charge on any atom is 0.310 e. The third-order valence-corrected chi connectivity index (χ3v) is 3.31. The molecule has 5 heteroatoms. The number of nitrogens with zero attached hydrogens (tertiary/aromatic N) is 1. The van der Waals surface area contributed by atoms with Crippen molar-refractivity contribution < 1.29 is 18.7 Å². The lowest BCUT2D eigenvalue weighted by Gasteiger charge is -2.31. The van der Waals surface area contributed by atoms with E-state index in [2.05, 4.69) is 0 Å². The van der Waals surface area contributed by atoms with Crippen LogP contribution in [0.3, 0.4) is 0 Å². The minimum atomic E-state index is -0.205. The van der Waals surface area contributed by atoms with E-state index in [1.807, 2.05) is 0 Å². The molecular formula is C14H19NO4. The van der Waals surface area contributed by atoms with Gasteiger partial charge in [0.25, 0.3) is 5.91 Å². The molecule has 1 atom stereocenters. The van der Waals surface area contributed by atoms with Crippen LogP contribution in [0.25, 0.3) is 0 Å². The van der Waals surface area contributed by atoms with E-state index in [0.29, 0.717) is 31.0 Å². The van der Waals surface area contributed by atoms with Gasteiger partial charge in [-0.1, -0.05) is 0 Å². The summed E-state index contributed by atoms with van der Waals surface area (Å²) in [4.78, 5) is 25.7. The fraction of sp³-hybridized carbons (Fsp3) is 0.571. The average Bonchev–Trinajstić information content (AvgIpc) is 2.85. The van der Waals surface area contributed by atoms with Crippen LogP contribution in [0.5, 0.6) is 0 Å². The molecule has 1 amide bonds. The Morgan fingerprint density at radius 3 is 2.95 bits per heavy atom. The number of esters is 1. The molecule has 0 saturated carbocycles. The zero-order valence-electron chi connectivity index (χ0n) is 11.3. The minimum Gasteiger partial charge on any atom is -0.469 e. The summed E-state index contributed by atoms with van der Waals surface area (Å²) in [6, 6.07) is 1.72. The molecule has 0 spiro atoms. The van der Waals surface area contributed by atoms with Gasteiger partial charge in [-0.15, -0.1) is 0 Å². The molecule has 0 N–H and O–H groups in total. The monoisotopic (exact) mass is 265 g/mol. The van der Waals surface area contributed by atoms with Crippen LogP contribution in [0.4, 0.5) is 0 Å². The van der Waals surface area contributed by atoms with Crippen molar-refractivity contribution in [2.24, 2.45) is 5.92 Å². The molecule has 5 nitrogen and oxygen atoms in total. The van der Waals surface area contributed by atoms with E-state index in [-0.39, 0.29) is 17.8 Å². The second kappa shape index (κ2) is 5.91. The van der Waals surface area contributed by atoms with Gasteiger partial charge in [-0.3, -0.25) is 9.59 Å². The fourth-order valence-corrected chi connectivity index (χ4v) is 2.35. The molecule has 0 radical (unpaired) electrons. The fourth-order valence-electron chi connectivity index (χ4n) is 2.35. The number of piperidine rings is 1. The molecular weight excluding hydrogens is 246 g/mol. The molecule has 0 aliphatic carbocycles. The number of carbonyl (C=O) groups excluding carboxylic acids is 2. The van der Waals surface area contributed by atoms with E-state index < -0.39 is 0 Å². The van der Waals surface area contributed by atoms with Gasteiger partial charge >= 0.3 is 5.97 Å². The number of hydrogen-bond donors (Lipinski definition) is 0. The number of likely N-dealkylation sites (tertiary alicyclic amines) is 1. The predicted molar refractivity (Wildman–Crippen MR) is 68.7 cm³/mol. The molecule has 19 heavy (non-hydrogen) atoms. The van der Waals surface area contributed by atoms with Gasteiger partial charge in [-0.25, -0.2) is 0 Å². The first-order chi connectivity index (χ1) is 9.11. The summed E-state index contributed by atoms with van der Waals surface area (Å²) >= 11 is 0. The Balaban J connectivity index is 2.01. The Hall–Kier alpha value is -1.78. The molecule has 1 aromatic rings. The van der Waals surface area contributed by atoms with E-state index in [1.54, 1.807) is 24.8 Å². The molecule has 0 bridgehead atoms. The molecule has 1 aliphatic rings. The Morgan fingerprint density at radius 2 is 2.32 bits per heavy atom. The average molecular weight is 265 g/mol. The Bertz CT molecular complexity index is 466. The SMILES string of the molecule is CCOC(=O)C1CCCN(C(=O)c2coc(C)c2)C1. The summed E-state index contributed by atoms with van der Waals surface area (Å²) in [5.41, 5.74) is 0.544. The van der Waals surface area contributed by atoms with Crippen molar-refractivity contribution in [3.8, 4) is 0 Å². The highest BCUT2D eigenvalue weighted by Gasteiger charge is 2.30. The standard InChI is InChI=1S/C14H19NO4/c1-3-18-14(17)11-5-4-6-15(8-11)13(16)12-7-10(2)19-9-12/h7,9,11H,3-6,8H2,1-2H3. The highest BCUT2D eigenvalue weighted by molar-refractivity contribution is 5.94. The van der Waals surface area contributed by atoms with Crippen LogP contribution in [0.15, 0.2) is 16.7 Å². The predicted octanol–water partition coefficient (Wildman–Crippen LogP) is 2.00. The van der Waals surface area contributed by atoms with Crippen molar-refractivity contribution in [1.82, 2.24) is 4.90 Å². The van der Waals surface area contributed by atoms with E-state index in [9.17, 15) is 9.59 Å². The van der Waals surface area contributed by atoms with Crippen molar-refractivity contribution in [3.63, 3.8) is 0 Å². The Labute approximate surface area is 112 Å². The number of furan rings is 1. The third-order valence-electron chi connectivity index (χ3n) is 3.31. The smallest absolute Gasteiger partial charge is 0.310 e. The zero-order chi connectivity index (χ0) is 13.8.